The van der Waals surface area contributed by atoms with E-state index in [4.69, 9.17) is 4.74 Å². The van der Waals surface area contributed by atoms with Gasteiger partial charge in [-0.1, -0.05) is 6.08 Å². The van der Waals surface area contributed by atoms with Gasteiger partial charge in [0.2, 0.25) is 0 Å². The van der Waals surface area contributed by atoms with Crippen LogP contribution in [0.25, 0.3) is 0 Å². The molecule has 1 aliphatic heterocycles. The lowest BCUT2D eigenvalue weighted by molar-refractivity contribution is 0.275. The lowest BCUT2D eigenvalue weighted by atomic mass is 10.2. The Labute approximate surface area is 65.5 Å². The average molecular weight is 157 g/mol. The van der Waals surface area contributed by atoms with Crippen LogP contribution in [0.1, 0.15) is 13.8 Å². The molecule has 0 radical (unpaired) electrons. The predicted octanol–water partition coefficient (Wildman–Crippen LogP) is 2.02. The number of hydrogen-bond donors (Lipinski definition) is 1. The van der Waals surface area contributed by atoms with Crippen molar-refractivity contribution in [1.29, 1.82) is 0 Å². The lowest BCUT2D eigenvalue weighted by Crippen LogP contribution is -2.07. The first-order valence-electron chi connectivity index (χ1n) is 3.18. The summed E-state index contributed by atoms with van der Waals surface area (Å²) in [6.45, 7) is 4.03. The minimum Gasteiger partial charge on any atom is -0.479 e. The van der Waals surface area contributed by atoms with Crippen LogP contribution in [0, 0.1) is 0 Å². The monoisotopic (exact) mass is 157 g/mol. The lowest BCUT2D eigenvalue weighted by Gasteiger charge is -2.15. The van der Waals surface area contributed by atoms with Gasteiger partial charge in [-0.15, -0.1) is 0 Å². The van der Waals surface area contributed by atoms with Crippen LogP contribution in [0.2, 0.25) is 0 Å². The molecule has 1 rings (SSSR count). The summed E-state index contributed by atoms with van der Waals surface area (Å²) < 4.78 is 8.36. The fraction of sp³-hybridized carbons (Fsp3) is 0.429. The molecule has 0 saturated heterocycles. The Kier molecular flexibility index (Phi) is 2.68. The maximum atomic E-state index is 5.32. The standard InChI is InChI=1S/C7H11NOS/c1-3-6(2)7-4-8-10-5-9-7/h3-4,8H,5H2,1-2H3/b6-3+. The molecule has 0 aliphatic carbocycles. The maximum Gasteiger partial charge on any atom is 0.153 e. The van der Waals surface area contributed by atoms with Crippen molar-refractivity contribution in [3.63, 3.8) is 0 Å². The van der Waals surface area contributed by atoms with Gasteiger partial charge in [0.15, 0.2) is 5.94 Å². The van der Waals surface area contributed by atoms with Gasteiger partial charge in [0.1, 0.15) is 5.76 Å². The first-order chi connectivity index (χ1) is 4.84. The van der Waals surface area contributed by atoms with Crippen molar-refractivity contribution in [2.24, 2.45) is 0 Å². The molecule has 3 heteroatoms. The predicted molar refractivity (Wildman–Crippen MR) is 44.2 cm³/mol. The zero-order chi connectivity index (χ0) is 7.40. The summed E-state index contributed by atoms with van der Waals surface area (Å²) >= 11 is 1.55. The molecular weight excluding hydrogens is 146 g/mol. The number of ether oxygens (including phenoxy) is 1. The largest absolute Gasteiger partial charge is 0.479 e. The third-order valence-electron chi connectivity index (χ3n) is 1.37. The van der Waals surface area contributed by atoms with Crippen LogP contribution >= 0.6 is 11.9 Å². The smallest absolute Gasteiger partial charge is 0.153 e. The van der Waals surface area contributed by atoms with Crippen molar-refractivity contribution in [2.75, 3.05) is 5.94 Å². The van der Waals surface area contributed by atoms with Crippen LogP contribution in [0.3, 0.4) is 0 Å². The second-order valence-corrected chi connectivity index (χ2v) is 2.76. The number of hydrogen-bond acceptors (Lipinski definition) is 3. The molecule has 0 aromatic carbocycles. The van der Waals surface area contributed by atoms with E-state index in [2.05, 4.69) is 4.72 Å². The van der Waals surface area contributed by atoms with Crippen molar-refractivity contribution < 1.29 is 4.74 Å². The highest BCUT2D eigenvalue weighted by Crippen LogP contribution is 2.16. The van der Waals surface area contributed by atoms with Crippen molar-refractivity contribution in [2.45, 2.75) is 13.8 Å². The van der Waals surface area contributed by atoms with E-state index in [-0.39, 0.29) is 0 Å². The average Bonchev–Trinajstić information content (AvgIpc) is 2.05. The van der Waals surface area contributed by atoms with Crippen LogP contribution in [0.4, 0.5) is 0 Å². The Morgan fingerprint density at radius 1 is 1.90 bits per heavy atom. The van der Waals surface area contributed by atoms with E-state index >= 15 is 0 Å². The third-order valence-corrected chi connectivity index (χ3v) is 1.89. The second kappa shape index (κ2) is 3.56. The quantitative estimate of drug-likeness (QED) is 0.588. The molecule has 2 nitrogen and oxygen atoms in total. The van der Waals surface area contributed by atoms with Crippen molar-refractivity contribution in [3.8, 4) is 0 Å². The molecule has 0 amide bonds. The van der Waals surface area contributed by atoms with Crippen LogP contribution in [-0.4, -0.2) is 5.94 Å². The highest BCUT2D eigenvalue weighted by atomic mass is 32.2. The summed E-state index contributed by atoms with van der Waals surface area (Å²) in [4.78, 5) is 0. The van der Waals surface area contributed by atoms with Gasteiger partial charge in [0, 0.05) is 6.20 Å². The second-order valence-electron chi connectivity index (χ2n) is 2.00. The summed E-state index contributed by atoms with van der Waals surface area (Å²) in [7, 11) is 0. The summed E-state index contributed by atoms with van der Waals surface area (Å²) in [5.41, 5.74) is 1.17. The zero-order valence-electron chi connectivity index (χ0n) is 6.18. The molecule has 0 aromatic heterocycles. The summed E-state index contributed by atoms with van der Waals surface area (Å²) in [5.74, 6) is 1.64. The normalized spacial score (nSPS) is 19.0. The van der Waals surface area contributed by atoms with Gasteiger partial charge in [-0.3, -0.25) is 0 Å². The molecular formula is C7H11NOS. The molecule has 0 fully saturated rings. The maximum absolute atomic E-state index is 5.32. The van der Waals surface area contributed by atoms with E-state index in [9.17, 15) is 0 Å². The highest BCUT2D eigenvalue weighted by molar-refractivity contribution is 7.97. The fourth-order valence-corrected chi connectivity index (χ4v) is 1.08. The first-order valence-corrected chi connectivity index (χ1v) is 4.16. The highest BCUT2D eigenvalue weighted by Gasteiger charge is 2.03. The van der Waals surface area contributed by atoms with Crippen molar-refractivity contribution in [3.05, 3.63) is 23.6 Å². The molecule has 0 unspecified atom stereocenters. The van der Waals surface area contributed by atoms with Crippen LogP contribution < -0.4 is 4.72 Å². The zero-order valence-corrected chi connectivity index (χ0v) is 6.99. The Bertz CT molecular complexity index is 174. The number of nitrogens with one attached hydrogen (secondary N) is 1. The molecule has 1 N–H and O–H groups in total. The number of allylic oxidation sites excluding steroid dienone is 2. The Morgan fingerprint density at radius 3 is 3.20 bits per heavy atom. The minimum atomic E-state index is 0.691. The summed E-state index contributed by atoms with van der Waals surface area (Å²) in [5, 5.41) is 0. The molecule has 0 atom stereocenters. The van der Waals surface area contributed by atoms with Gasteiger partial charge in [0.05, 0.1) is 0 Å². The fourth-order valence-electron chi connectivity index (χ4n) is 0.634. The van der Waals surface area contributed by atoms with E-state index < -0.39 is 0 Å². The SMILES string of the molecule is C/C=C(\C)C1=CNSCO1. The van der Waals surface area contributed by atoms with E-state index in [1.165, 1.54) is 5.57 Å². The Balaban J connectivity index is 2.62. The number of rotatable bonds is 1. The molecule has 0 saturated carbocycles. The van der Waals surface area contributed by atoms with Gasteiger partial charge in [-0.25, -0.2) is 0 Å². The molecule has 1 heterocycles. The van der Waals surface area contributed by atoms with Crippen molar-refractivity contribution in [1.82, 2.24) is 4.72 Å². The molecule has 10 heavy (non-hydrogen) atoms. The Morgan fingerprint density at radius 2 is 2.70 bits per heavy atom. The topological polar surface area (TPSA) is 21.3 Å². The summed E-state index contributed by atoms with van der Waals surface area (Å²) in [6, 6.07) is 0. The van der Waals surface area contributed by atoms with E-state index in [0.717, 1.165) is 5.76 Å². The molecule has 0 bridgehead atoms. The van der Waals surface area contributed by atoms with Gasteiger partial charge in [-0.2, -0.15) is 0 Å². The van der Waals surface area contributed by atoms with Crippen LogP contribution in [0.5, 0.6) is 0 Å². The molecule has 0 aromatic rings. The van der Waals surface area contributed by atoms with Crippen LogP contribution in [-0.2, 0) is 4.74 Å². The Hall–Kier alpha value is -0.570. The van der Waals surface area contributed by atoms with Crippen LogP contribution in [0.15, 0.2) is 23.6 Å². The molecule has 1 aliphatic rings. The summed E-state index contributed by atoms with van der Waals surface area (Å²) in [6.07, 6.45) is 3.91. The van der Waals surface area contributed by atoms with E-state index in [0.29, 0.717) is 5.94 Å². The molecule has 0 spiro atoms. The van der Waals surface area contributed by atoms with Gasteiger partial charge in [-0.05, 0) is 31.4 Å². The van der Waals surface area contributed by atoms with Gasteiger partial charge < -0.3 is 9.46 Å². The van der Waals surface area contributed by atoms with E-state index in [1.54, 1.807) is 11.9 Å². The van der Waals surface area contributed by atoms with E-state index in [1.807, 2.05) is 26.1 Å². The van der Waals surface area contributed by atoms with Crippen molar-refractivity contribution >= 4 is 11.9 Å². The van der Waals surface area contributed by atoms with Gasteiger partial charge in [0.25, 0.3) is 0 Å². The minimum absolute atomic E-state index is 0.691. The van der Waals surface area contributed by atoms with Gasteiger partial charge >= 0.3 is 0 Å². The molecule has 56 valence electrons. The third kappa shape index (κ3) is 1.70. The first kappa shape index (κ1) is 7.54.